The summed E-state index contributed by atoms with van der Waals surface area (Å²) >= 11 is 7.81. The Hall–Kier alpha value is -1.39. The summed E-state index contributed by atoms with van der Waals surface area (Å²) in [6.07, 6.45) is 0.471. The van der Waals surface area contributed by atoms with E-state index in [0.717, 1.165) is 4.88 Å². The zero-order valence-corrected chi connectivity index (χ0v) is 10.4. The van der Waals surface area contributed by atoms with Gasteiger partial charge in [0.05, 0.1) is 10.3 Å². The molecule has 1 aromatic carbocycles. The molecule has 0 N–H and O–H groups in total. The van der Waals surface area contributed by atoms with Crippen molar-refractivity contribution in [3.63, 3.8) is 0 Å². The molecule has 1 unspecified atom stereocenters. The Balaban J connectivity index is 2.21. The van der Waals surface area contributed by atoms with Crippen molar-refractivity contribution in [2.75, 3.05) is 0 Å². The van der Waals surface area contributed by atoms with Crippen molar-refractivity contribution >= 4 is 28.6 Å². The second kappa shape index (κ2) is 5.29. The number of rotatable bonds is 4. The molecule has 17 heavy (non-hydrogen) atoms. The molecule has 0 radical (unpaired) electrons. The first-order chi connectivity index (χ1) is 8.18. The number of hydrogen-bond acceptors (Lipinski definition) is 3. The molecule has 0 saturated carbocycles. The van der Waals surface area contributed by atoms with Crippen LogP contribution >= 0.6 is 22.9 Å². The maximum absolute atomic E-state index is 10.9. The van der Waals surface area contributed by atoms with Crippen molar-refractivity contribution in [3.05, 3.63) is 62.3 Å². The highest BCUT2D eigenvalue weighted by molar-refractivity contribution is 7.10. The predicted octanol–water partition coefficient (Wildman–Crippen LogP) is 4.18. The number of para-hydroxylation sites is 1. The summed E-state index contributed by atoms with van der Waals surface area (Å²) < 4.78 is 0. The third kappa shape index (κ3) is 2.84. The van der Waals surface area contributed by atoms with Crippen LogP contribution in [0, 0.1) is 10.1 Å². The first-order valence-corrected chi connectivity index (χ1v) is 6.40. The molecule has 0 amide bonds. The van der Waals surface area contributed by atoms with Crippen LogP contribution in [0.3, 0.4) is 0 Å². The molecular weight excluding hydrogens is 258 g/mol. The summed E-state index contributed by atoms with van der Waals surface area (Å²) in [7, 11) is 0. The predicted molar refractivity (Wildman–Crippen MR) is 69.7 cm³/mol. The Morgan fingerprint density at radius 3 is 2.71 bits per heavy atom. The minimum atomic E-state index is -0.368. The van der Waals surface area contributed by atoms with E-state index in [0.29, 0.717) is 12.0 Å². The largest absolute Gasteiger partial charge is 0.272 e. The van der Waals surface area contributed by atoms with E-state index in [1.165, 1.54) is 6.07 Å². The molecule has 2 rings (SSSR count). The van der Waals surface area contributed by atoms with E-state index < -0.39 is 0 Å². The number of benzene rings is 1. The molecule has 0 fully saturated rings. The van der Waals surface area contributed by atoms with Gasteiger partial charge in [-0.25, -0.2) is 0 Å². The Kier molecular flexibility index (Phi) is 3.76. The lowest BCUT2D eigenvalue weighted by atomic mass is 10.1. The zero-order chi connectivity index (χ0) is 12.3. The molecule has 1 atom stereocenters. The molecule has 0 saturated heterocycles. The van der Waals surface area contributed by atoms with Crippen LogP contribution in [0.4, 0.5) is 5.69 Å². The van der Waals surface area contributed by atoms with Gasteiger partial charge in [-0.15, -0.1) is 22.9 Å². The Morgan fingerprint density at radius 1 is 1.29 bits per heavy atom. The van der Waals surface area contributed by atoms with Crippen molar-refractivity contribution in [3.8, 4) is 0 Å². The lowest BCUT2D eigenvalue weighted by Gasteiger charge is -2.07. The second-order valence-corrected chi connectivity index (χ2v) is 5.08. The molecule has 5 heteroatoms. The molecule has 0 aliphatic carbocycles. The van der Waals surface area contributed by atoms with Gasteiger partial charge < -0.3 is 0 Å². The van der Waals surface area contributed by atoms with Gasteiger partial charge in [-0.1, -0.05) is 24.3 Å². The van der Waals surface area contributed by atoms with Gasteiger partial charge in [0.1, 0.15) is 0 Å². The monoisotopic (exact) mass is 267 g/mol. The van der Waals surface area contributed by atoms with Crippen molar-refractivity contribution in [1.82, 2.24) is 0 Å². The van der Waals surface area contributed by atoms with E-state index >= 15 is 0 Å². The van der Waals surface area contributed by atoms with Gasteiger partial charge in [-0.3, -0.25) is 10.1 Å². The lowest BCUT2D eigenvalue weighted by Crippen LogP contribution is -1.99. The van der Waals surface area contributed by atoms with E-state index in [4.69, 9.17) is 11.6 Å². The fourth-order valence-electron chi connectivity index (χ4n) is 1.62. The van der Waals surface area contributed by atoms with Crippen LogP contribution in [-0.4, -0.2) is 4.92 Å². The smallest absolute Gasteiger partial charge is 0.258 e. The maximum atomic E-state index is 10.9. The number of nitrogens with zero attached hydrogens (tertiary/aromatic N) is 1. The molecular formula is C12H10ClNO2S. The Labute approximate surface area is 108 Å². The Morgan fingerprint density at radius 2 is 2.06 bits per heavy atom. The highest BCUT2D eigenvalue weighted by Crippen LogP contribution is 2.31. The molecule has 0 bridgehead atoms. The molecule has 3 nitrogen and oxygen atoms in total. The first kappa shape index (κ1) is 12.1. The van der Waals surface area contributed by atoms with E-state index in [2.05, 4.69) is 0 Å². The molecule has 0 aliphatic heterocycles. The highest BCUT2D eigenvalue weighted by atomic mass is 35.5. The second-order valence-electron chi connectivity index (χ2n) is 3.57. The van der Waals surface area contributed by atoms with Gasteiger partial charge in [-0.05, 0) is 11.4 Å². The van der Waals surface area contributed by atoms with Gasteiger partial charge in [-0.2, -0.15) is 0 Å². The van der Waals surface area contributed by atoms with Crippen molar-refractivity contribution < 1.29 is 4.92 Å². The maximum Gasteiger partial charge on any atom is 0.272 e. The third-order valence-corrected chi connectivity index (χ3v) is 3.94. The van der Waals surface area contributed by atoms with Gasteiger partial charge in [0.15, 0.2) is 0 Å². The van der Waals surface area contributed by atoms with E-state index in [1.54, 1.807) is 29.5 Å². The van der Waals surface area contributed by atoms with Crippen LogP contribution in [0.25, 0.3) is 0 Å². The normalized spacial score (nSPS) is 12.3. The SMILES string of the molecule is O=[N+]([O-])c1ccccc1CC(Cl)c1cccs1. The number of thiophene rings is 1. The summed E-state index contributed by atoms with van der Waals surface area (Å²) in [5, 5.41) is 12.6. The standard InChI is InChI=1S/C12H10ClNO2S/c13-10(12-6-3-7-17-12)8-9-4-1-2-5-11(9)14(15)16/h1-7,10H,8H2. The number of alkyl halides is 1. The van der Waals surface area contributed by atoms with Gasteiger partial charge >= 0.3 is 0 Å². The van der Waals surface area contributed by atoms with Crippen molar-refractivity contribution in [1.29, 1.82) is 0 Å². The van der Waals surface area contributed by atoms with Crippen LogP contribution in [0.5, 0.6) is 0 Å². The van der Waals surface area contributed by atoms with E-state index in [-0.39, 0.29) is 16.0 Å². The van der Waals surface area contributed by atoms with Crippen molar-refractivity contribution in [2.24, 2.45) is 0 Å². The molecule has 0 aliphatic rings. The van der Waals surface area contributed by atoms with Gasteiger partial charge in [0.2, 0.25) is 0 Å². The lowest BCUT2D eigenvalue weighted by molar-refractivity contribution is -0.385. The molecule has 2 aromatic rings. The topological polar surface area (TPSA) is 43.1 Å². The van der Waals surface area contributed by atoms with Gasteiger partial charge in [0, 0.05) is 22.9 Å². The molecule has 1 heterocycles. The van der Waals surface area contributed by atoms with Crippen LogP contribution in [0.2, 0.25) is 0 Å². The zero-order valence-electron chi connectivity index (χ0n) is 8.88. The minimum Gasteiger partial charge on any atom is -0.258 e. The minimum absolute atomic E-state index is 0.134. The van der Waals surface area contributed by atoms with Crippen LogP contribution in [-0.2, 0) is 6.42 Å². The van der Waals surface area contributed by atoms with Crippen LogP contribution in [0.15, 0.2) is 41.8 Å². The molecule has 1 aromatic heterocycles. The molecule has 88 valence electrons. The van der Waals surface area contributed by atoms with Gasteiger partial charge in [0.25, 0.3) is 5.69 Å². The number of nitro benzene ring substituents is 1. The average molecular weight is 268 g/mol. The number of halogens is 1. The molecule has 0 spiro atoms. The van der Waals surface area contributed by atoms with Crippen LogP contribution in [0.1, 0.15) is 15.8 Å². The third-order valence-electron chi connectivity index (χ3n) is 2.44. The quantitative estimate of drug-likeness (QED) is 0.474. The highest BCUT2D eigenvalue weighted by Gasteiger charge is 2.17. The fourth-order valence-corrected chi connectivity index (χ4v) is 2.72. The fraction of sp³-hybridized carbons (Fsp3) is 0.167. The summed E-state index contributed by atoms with van der Waals surface area (Å²) in [5.74, 6) is 0. The van der Waals surface area contributed by atoms with E-state index in [9.17, 15) is 10.1 Å². The first-order valence-electron chi connectivity index (χ1n) is 5.08. The average Bonchev–Trinajstić information content (AvgIpc) is 2.83. The summed E-state index contributed by atoms with van der Waals surface area (Å²) in [6.45, 7) is 0. The summed E-state index contributed by atoms with van der Waals surface area (Å²) in [6, 6.07) is 10.6. The van der Waals surface area contributed by atoms with E-state index in [1.807, 2.05) is 17.5 Å². The van der Waals surface area contributed by atoms with Crippen molar-refractivity contribution in [2.45, 2.75) is 11.8 Å². The summed E-state index contributed by atoms with van der Waals surface area (Å²) in [4.78, 5) is 11.5. The Bertz CT molecular complexity index is 513. The number of nitro groups is 1. The number of hydrogen-bond donors (Lipinski definition) is 0. The van der Waals surface area contributed by atoms with Crippen LogP contribution < -0.4 is 0 Å². The summed E-state index contributed by atoms with van der Waals surface area (Å²) in [5.41, 5.74) is 0.806.